The number of hydrogen-bond acceptors (Lipinski definition) is 4. The third-order valence-corrected chi connectivity index (χ3v) is 6.06. The van der Waals surface area contributed by atoms with E-state index in [2.05, 4.69) is 26.2 Å². The molecule has 0 radical (unpaired) electrons. The SMILES string of the molecule is Cc1[nH]nc2nc(-c3cc(F)ccc3F)c(C#N)c(-c3ccc(N4CCCCC4)cc3)c12. The van der Waals surface area contributed by atoms with Gasteiger partial charge >= 0.3 is 0 Å². The number of pyridine rings is 1. The average Bonchev–Trinajstić information content (AvgIpc) is 3.20. The lowest BCUT2D eigenvalue weighted by Gasteiger charge is -2.29. The highest BCUT2D eigenvalue weighted by Gasteiger charge is 2.23. The lowest BCUT2D eigenvalue weighted by atomic mass is 9.93. The third-order valence-electron chi connectivity index (χ3n) is 6.06. The van der Waals surface area contributed by atoms with Crippen LogP contribution in [-0.4, -0.2) is 28.3 Å². The van der Waals surface area contributed by atoms with Crippen molar-refractivity contribution in [3.8, 4) is 28.5 Å². The monoisotopic (exact) mass is 429 g/mol. The van der Waals surface area contributed by atoms with Crippen molar-refractivity contribution in [2.75, 3.05) is 18.0 Å². The Balaban J connectivity index is 1.72. The lowest BCUT2D eigenvalue weighted by Crippen LogP contribution is -2.29. The molecule has 4 aromatic rings. The molecule has 0 saturated carbocycles. The summed E-state index contributed by atoms with van der Waals surface area (Å²) in [6.07, 6.45) is 3.62. The summed E-state index contributed by atoms with van der Waals surface area (Å²) in [5.74, 6) is -1.24. The van der Waals surface area contributed by atoms with E-state index in [9.17, 15) is 14.0 Å². The van der Waals surface area contributed by atoms with Crippen molar-refractivity contribution in [2.24, 2.45) is 0 Å². The van der Waals surface area contributed by atoms with Gasteiger partial charge in [-0.05, 0) is 62.1 Å². The van der Waals surface area contributed by atoms with E-state index >= 15 is 0 Å². The van der Waals surface area contributed by atoms with E-state index in [0.717, 1.165) is 48.2 Å². The van der Waals surface area contributed by atoms with Crippen LogP contribution in [0.3, 0.4) is 0 Å². The summed E-state index contributed by atoms with van der Waals surface area (Å²) in [7, 11) is 0. The van der Waals surface area contributed by atoms with Crippen LogP contribution >= 0.6 is 0 Å². The highest BCUT2D eigenvalue weighted by Crippen LogP contribution is 2.38. The van der Waals surface area contributed by atoms with E-state index in [-0.39, 0.29) is 16.8 Å². The number of anilines is 1. The van der Waals surface area contributed by atoms with Crippen LogP contribution in [0.1, 0.15) is 30.5 Å². The molecular weight excluding hydrogens is 408 g/mol. The minimum Gasteiger partial charge on any atom is -0.372 e. The van der Waals surface area contributed by atoms with E-state index in [0.29, 0.717) is 16.6 Å². The van der Waals surface area contributed by atoms with Gasteiger partial charge in [-0.25, -0.2) is 13.8 Å². The number of rotatable bonds is 3. The molecule has 0 unspecified atom stereocenters. The number of halogens is 2. The number of aromatic amines is 1. The van der Waals surface area contributed by atoms with Crippen molar-refractivity contribution in [1.82, 2.24) is 15.2 Å². The number of nitrogens with zero attached hydrogens (tertiary/aromatic N) is 4. The number of benzene rings is 2. The minimum absolute atomic E-state index is 0.0599. The van der Waals surface area contributed by atoms with Gasteiger partial charge in [0.1, 0.15) is 17.7 Å². The van der Waals surface area contributed by atoms with Crippen molar-refractivity contribution >= 4 is 16.7 Å². The van der Waals surface area contributed by atoms with Gasteiger partial charge in [0, 0.05) is 35.6 Å². The zero-order chi connectivity index (χ0) is 22.2. The van der Waals surface area contributed by atoms with Crippen molar-refractivity contribution < 1.29 is 8.78 Å². The lowest BCUT2D eigenvalue weighted by molar-refractivity contribution is 0.578. The molecule has 1 aliphatic heterocycles. The summed E-state index contributed by atoms with van der Waals surface area (Å²) in [6, 6.07) is 13.4. The third kappa shape index (κ3) is 3.38. The fourth-order valence-corrected chi connectivity index (χ4v) is 4.46. The molecule has 3 heterocycles. The van der Waals surface area contributed by atoms with Crippen molar-refractivity contribution in [3.05, 3.63) is 65.4 Å². The van der Waals surface area contributed by atoms with E-state index in [4.69, 9.17) is 0 Å². The van der Waals surface area contributed by atoms with Gasteiger partial charge in [0.25, 0.3) is 0 Å². The smallest absolute Gasteiger partial charge is 0.182 e. The zero-order valence-electron chi connectivity index (χ0n) is 17.6. The van der Waals surface area contributed by atoms with Gasteiger partial charge in [-0.15, -0.1) is 0 Å². The molecule has 7 heteroatoms. The Bertz CT molecular complexity index is 1350. The minimum atomic E-state index is -0.645. The zero-order valence-corrected chi connectivity index (χ0v) is 17.6. The molecule has 1 fully saturated rings. The van der Waals surface area contributed by atoms with Crippen LogP contribution in [0.5, 0.6) is 0 Å². The molecular formula is C25H21F2N5. The Morgan fingerprint density at radius 3 is 2.50 bits per heavy atom. The van der Waals surface area contributed by atoms with Crippen LogP contribution in [-0.2, 0) is 0 Å². The fourth-order valence-electron chi connectivity index (χ4n) is 4.46. The van der Waals surface area contributed by atoms with Gasteiger partial charge in [0.05, 0.1) is 16.6 Å². The predicted molar refractivity (Wildman–Crippen MR) is 120 cm³/mol. The first kappa shape index (κ1) is 20.1. The van der Waals surface area contributed by atoms with Crippen molar-refractivity contribution in [3.63, 3.8) is 0 Å². The van der Waals surface area contributed by atoms with Crippen LogP contribution in [0, 0.1) is 29.9 Å². The highest BCUT2D eigenvalue weighted by molar-refractivity contribution is 6.00. The standard InChI is InChI=1S/C25H21F2N5/c1-15-22-23(16-5-8-18(9-6-16)32-11-3-2-4-12-32)20(14-28)24(29-25(22)31-30-15)19-13-17(26)7-10-21(19)27/h5-10,13H,2-4,11-12H2,1H3,(H,29,30,31). The first-order chi connectivity index (χ1) is 15.6. The first-order valence-electron chi connectivity index (χ1n) is 10.7. The Labute approximate surface area is 184 Å². The summed E-state index contributed by atoms with van der Waals surface area (Å²) >= 11 is 0. The molecule has 0 spiro atoms. The van der Waals surface area contributed by atoms with Crippen molar-refractivity contribution in [2.45, 2.75) is 26.2 Å². The molecule has 1 saturated heterocycles. The molecule has 2 aromatic carbocycles. The quantitative estimate of drug-likeness (QED) is 0.451. The van der Waals surface area contributed by atoms with Crippen LogP contribution in [0.2, 0.25) is 0 Å². The van der Waals surface area contributed by atoms with Crippen molar-refractivity contribution in [1.29, 1.82) is 5.26 Å². The molecule has 32 heavy (non-hydrogen) atoms. The molecule has 0 aliphatic carbocycles. The van der Waals surface area contributed by atoms with E-state index in [1.807, 2.05) is 31.2 Å². The second-order valence-corrected chi connectivity index (χ2v) is 8.09. The maximum Gasteiger partial charge on any atom is 0.182 e. The Morgan fingerprint density at radius 2 is 1.78 bits per heavy atom. The second-order valence-electron chi connectivity index (χ2n) is 8.09. The van der Waals surface area contributed by atoms with Gasteiger partial charge in [0.15, 0.2) is 5.65 Å². The molecule has 0 amide bonds. The van der Waals surface area contributed by atoms with Crippen LogP contribution in [0.15, 0.2) is 42.5 Å². The average molecular weight is 429 g/mol. The van der Waals surface area contributed by atoms with Crippen LogP contribution in [0.25, 0.3) is 33.4 Å². The highest BCUT2D eigenvalue weighted by atomic mass is 19.1. The van der Waals surface area contributed by atoms with E-state index in [1.54, 1.807) is 0 Å². The van der Waals surface area contributed by atoms with Gasteiger partial charge < -0.3 is 4.90 Å². The Morgan fingerprint density at radius 1 is 1.03 bits per heavy atom. The Hall–Kier alpha value is -3.79. The summed E-state index contributed by atoms with van der Waals surface area (Å²) in [5.41, 5.74) is 3.88. The number of piperidine rings is 1. The molecule has 2 aromatic heterocycles. The number of aromatic nitrogens is 3. The molecule has 1 N–H and O–H groups in total. The second kappa shape index (κ2) is 8.04. The normalized spacial score (nSPS) is 14.0. The number of nitriles is 1. The molecule has 0 bridgehead atoms. The molecule has 5 nitrogen and oxygen atoms in total. The summed E-state index contributed by atoms with van der Waals surface area (Å²) in [4.78, 5) is 6.79. The molecule has 1 aliphatic rings. The van der Waals surface area contributed by atoms with Crippen LogP contribution < -0.4 is 4.90 Å². The molecule has 5 rings (SSSR count). The number of nitrogens with one attached hydrogen (secondary N) is 1. The summed E-state index contributed by atoms with van der Waals surface area (Å²) in [5, 5.41) is 17.9. The van der Waals surface area contributed by atoms with Gasteiger partial charge in [0.2, 0.25) is 0 Å². The first-order valence-corrected chi connectivity index (χ1v) is 10.7. The fraction of sp³-hybridized carbons (Fsp3) is 0.240. The topological polar surface area (TPSA) is 68.6 Å². The maximum atomic E-state index is 14.6. The van der Waals surface area contributed by atoms with Gasteiger partial charge in [-0.2, -0.15) is 10.4 Å². The van der Waals surface area contributed by atoms with Crippen LogP contribution in [0.4, 0.5) is 14.5 Å². The number of fused-ring (bicyclic) bond motifs is 1. The number of H-pyrrole nitrogens is 1. The molecule has 0 atom stereocenters. The Kier molecular flexibility index (Phi) is 5.06. The predicted octanol–water partition coefficient (Wildman–Crippen LogP) is 5.74. The number of aryl methyl sites for hydroxylation is 1. The van der Waals surface area contributed by atoms with E-state index in [1.165, 1.54) is 19.3 Å². The summed E-state index contributed by atoms with van der Waals surface area (Å²) in [6.45, 7) is 3.92. The number of hydrogen-bond donors (Lipinski definition) is 1. The van der Waals surface area contributed by atoms with Gasteiger partial charge in [-0.3, -0.25) is 5.10 Å². The van der Waals surface area contributed by atoms with Gasteiger partial charge in [-0.1, -0.05) is 12.1 Å². The summed E-state index contributed by atoms with van der Waals surface area (Å²) < 4.78 is 28.5. The maximum absolute atomic E-state index is 14.6. The largest absolute Gasteiger partial charge is 0.372 e. The molecule has 160 valence electrons. The van der Waals surface area contributed by atoms with E-state index < -0.39 is 11.6 Å².